The van der Waals surface area contributed by atoms with E-state index in [0.717, 1.165) is 6.08 Å². The highest BCUT2D eigenvalue weighted by Gasteiger charge is 2.15. The molecule has 2 rings (SSSR count). The minimum Gasteiger partial charge on any atom is -0.504 e. The summed E-state index contributed by atoms with van der Waals surface area (Å²) in [6, 6.07) is 6.86. The van der Waals surface area contributed by atoms with Gasteiger partial charge in [-0.3, -0.25) is 0 Å². The second kappa shape index (κ2) is 6.67. The average Bonchev–Trinajstić information content (AvgIpc) is 2.52. The van der Waals surface area contributed by atoms with Crippen LogP contribution in [-0.2, 0) is 19.6 Å². The smallest absolute Gasteiger partial charge is 0.330 e. The number of phenolic OH excluding ortho intramolecular Hbond substituents is 2. The van der Waals surface area contributed by atoms with Crippen molar-refractivity contribution in [2.24, 2.45) is 0 Å². The lowest BCUT2D eigenvalue weighted by molar-refractivity contribution is -0.137. The van der Waals surface area contributed by atoms with Crippen molar-refractivity contribution in [3.8, 4) is 11.5 Å². The Hall–Kier alpha value is -2.58. The van der Waals surface area contributed by atoms with E-state index in [0.29, 0.717) is 10.8 Å². The van der Waals surface area contributed by atoms with Crippen molar-refractivity contribution in [2.75, 3.05) is 13.2 Å². The Morgan fingerprint density at radius 2 is 1.83 bits per heavy atom. The quantitative estimate of drug-likeness (QED) is 0.316. The van der Waals surface area contributed by atoms with Crippen LogP contribution in [0.3, 0.4) is 0 Å². The Morgan fingerprint density at radius 1 is 1.17 bits per heavy atom. The molecule has 122 valence electrons. The summed E-state index contributed by atoms with van der Waals surface area (Å²) >= 11 is 0. The van der Waals surface area contributed by atoms with Gasteiger partial charge >= 0.3 is 5.97 Å². The number of esters is 1. The van der Waals surface area contributed by atoms with Crippen LogP contribution in [0.25, 0.3) is 10.8 Å². The van der Waals surface area contributed by atoms with E-state index in [1.807, 2.05) is 0 Å². The number of carbonyl (C=O) groups is 1. The van der Waals surface area contributed by atoms with Gasteiger partial charge in [0.1, 0.15) is 6.61 Å². The lowest BCUT2D eigenvalue weighted by Crippen LogP contribution is -2.28. The van der Waals surface area contributed by atoms with E-state index in [1.54, 1.807) is 0 Å². The fourth-order valence-electron chi connectivity index (χ4n) is 1.89. The number of hydrogen-bond acceptors (Lipinski definition) is 6. The second-order valence-corrected chi connectivity index (χ2v) is 6.39. The summed E-state index contributed by atoms with van der Waals surface area (Å²) in [5.74, 6) is -1.25. The van der Waals surface area contributed by atoms with Gasteiger partial charge in [-0.2, -0.15) is 0 Å². The van der Waals surface area contributed by atoms with E-state index in [-0.39, 0.29) is 29.5 Å². The Bertz CT molecular complexity index is 860. The molecule has 8 heteroatoms. The summed E-state index contributed by atoms with van der Waals surface area (Å²) in [5.41, 5.74) is 0. The maximum absolute atomic E-state index is 12.2. The zero-order valence-electron chi connectivity index (χ0n) is 12.0. The van der Waals surface area contributed by atoms with Gasteiger partial charge in [-0.05, 0) is 35.0 Å². The molecule has 0 spiro atoms. The molecule has 0 atom stereocenters. The first kappa shape index (κ1) is 16.8. The molecule has 7 nitrogen and oxygen atoms in total. The zero-order valence-corrected chi connectivity index (χ0v) is 12.8. The van der Waals surface area contributed by atoms with Crippen molar-refractivity contribution in [2.45, 2.75) is 4.90 Å². The fraction of sp³-hybridized carbons (Fsp3) is 0.133. The highest BCUT2D eigenvalue weighted by Crippen LogP contribution is 2.31. The Balaban J connectivity index is 2.16. The number of sulfonamides is 1. The number of rotatable bonds is 6. The predicted molar refractivity (Wildman–Crippen MR) is 83.6 cm³/mol. The highest BCUT2D eigenvalue weighted by atomic mass is 32.2. The number of nitrogens with one attached hydrogen (secondary N) is 1. The highest BCUT2D eigenvalue weighted by molar-refractivity contribution is 7.89. The van der Waals surface area contributed by atoms with Gasteiger partial charge in [0.05, 0.1) is 4.90 Å². The standard InChI is InChI=1S/C15H15NO6S/c1-2-15(19)22-6-5-16-23(20,21)12-4-3-10-8-13(17)14(18)9-11(10)7-12/h2-4,7-9,16-18H,1,5-6H2. The first-order valence-electron chi connectivity index (χ1n) is 6.58. The largest absolute Gasteiger partial charge is 0.504 e. The maximum Gasteiger partial charge on any atom is 0.330 e. The Morgan fingerprint density at radius 3 is 2.48 bits per heavy atom. The number of aromatic hydroxyl groups is 2. The lowest BCUT2D eigenvalue weighted by atomic mass is 10.1. The van der Waals surface area contributed by atoms with Crippen LogP contribution in [-0.4, -0.2) is 37.8 Å². The molecule has 0 aromatic heterocycles. The summed E-state index contributed by atoms with van der Waals surface area (Å²) in [6.07, 6.45) is 0.986. The topological polar surface area (TPSA) is 113 Å². The van der Waals surface area contributed by atoms with Crippen LogP contribution < -0.4 is 4.72 Å². The molecule has 0 aliphatic rings. The molecule has 0 heterocycles. The predicted octanol–water partition coefficient (Wildman–Crippen LogP) is 1.26. The molecule has 0 unspecified atom stereocenters. The average molecular weight is 337 g/mol. The minimum absolute atomic E-state index is 0.00913. The molecule has 0 saturated heterocycles. The number of ether oxygens (including phenoxy) is 1. The van der Waals surface area contributed by atoms with E-state index in [2.05, 4.69) is 16.0 Å². The summed E-state index contributed by atoms with van der Waals surface area (Å²) in [6.45, 7) is 3.03. The van der Waals surface area contributed by atoms with E-state index < -0.39 is 16.0 Å². The number of carbonyl (C=O) groups excluding carboxylic acids is 1. The van der Waals surface area contributed by atoms with Crippen LogP contribution in [0.2, 0.25) is 0 Å². The van der Waals surface area contributed by atoms with Gasteiger partial charge in [0.15, 0.2) is 11.5 Å². The fourth-order valence-corrected chi connectivity index (χ4v) is 2.94. The zero-order chi connectivity index (χ0) is 17.0. The van der Waals surface area contributed by atoms with E-state index in [4.69, 9.17) is 0 Å². The van der Waals surface area contributed by atoms with Crippen LogP contribution in [0.15, 0.2) is 47.9 Å². The van der Waals surface area contributed by atoms with Gasteiger partial charge in [-0.25, -0.2) is 17.9 Å². The summed E-state index contributed by atoms with van der Waals surface area (Å²) < 4.78 is 31.3. The third kappa shape index (κ3) is 3.99. The van der Waals surface area contributed by atoms with Gasteiger partial charge in [-0.15, -0.1) is 0 Å². The monoisotopic (exact) mass is 337 g/mol. The molecular formula is C15H15NO6S. The lowest BCUT2D eigenvalue weighted by Gasteiger charge is -2.08. The molecule has 23 heavy (non-hydrogen) atoms. The molecule has 0 radical (unpaired) electrons. The second-order valence-electron chi connectivity index (χ2n) is 4.62. The Labute approximate surface area is 132 Å². The van der Waals surface area contributed by atoms with E-state index in [9.17, 15) is 23.4 Å². The first-order chi connectivity index (χ1) is 10.8. The van der Waals surface area contributed by atoms with Crippen LogP contribution in [0.5, 0.6) is 11.5 Å². The molecule has 0 saturated carbocycles. The Kier molecular flexibility index (Phi) is 4.87. The number of fused-ring (bicyclic) bond motifs is 1. The van der Waals surface area contributed by atoms with Gasteiger partial charge in [-0.1, -0.05) is 12.6 Å². The first-order valence-corrected chi connectivity index (χ1v) is 8.06. The molecule has 0 aliphatic carbocycles. The van der Waals surface area contributed by atoms with Crippen molar-refractivity contribution < 1.29 is 28.2 Å². The van der Waals surface area contributed by atoms with Gasteiger partial charge in [0.2, 0.25) is 10.0 Å². The summed E-state index contributed by atoms with van der Waals surface area (Å²) in [5, 5.41) is 20.0. The van der Waals surface area contributed by atoms with Gasteiger partial charge in [0, 0.05) is 12.6 Å². The van der Waals surface area contributed by atoms with Crippen LogP contribution in [0.1, 0.15) is 0 Å². The van der Waals surface area contributed by atoms with Crippen LogP contribution >= 0.6 is 0 Å². The van der Waals surface area contributed by atoms with Crippen molar-refractivity contribution in [3.63, 3.8) is 0 Å². The molecule has 0 fully saturated rings. The van der Waals surface area contributed by atoms with Crippen molar-refractivity contribution in [1.82, 2.24) is 4.72 Å². The summed E-state index contributed by atoms with van der Waals surface area (Å²) in [4.78, 5) is 10.8. The third-order valence-corrected chi connectivity index (χ3v) is 4.48. The number of phenols is 2. The third-order valence-electron chi connectivity index (χ3n) is 3.02. The number of hydrogen-bond donors (Lipinski definition) is 3. The maximum atomic E-state index is 12.2. The molecular weight excluding hydrogens is 322 g/mol. The molecule has 0 bridgehead atoms. The minimum atomic E-state index is -3.79. The van der Waals surface area contributed by atoms with Crippen LogP contribution in [0, 0.1) is 0 Å². The number of benzene rings is 2. The van der Waals surface area contributed by atoms with Gasteiger partial charge < -0.3 is 14.9 Å². The normalized spacial score (nSPS) is 11.3. The van der Waals surface area contributed by atoms with Gasteiger partial charge in [0.25, 0.3) is 0 Å². The van der Waals surface area contributed by atoms with Crippen molar-refractivity contribution in [1.29, 1.82) is 0 Å². The molecule has 2 aromatic carbocycles. The molecule has 0 aliphatic heterocycles. The SMILES string of the molecule is C=CC(=O)OCCNS(=O)(=O)c1ccc2cc(O)c(O)cc2c1. The molecule has 0 amide bonds. The summed E-state index contributed by atoms with van der Waals surface area (Å²) in [7, 11) is -3.79. The van der Waals surface area contributed by atoms with Crippen molar-refractivity contribution >= 4 is 26.8 Å². The van der Waals surface area contributed by atoms with Crippen LogP contribution in [0.4, 0.5) is 0 Å². The van der Waals surface area contributed by atoms with E-state index in [1.165, 1.54) is 30.3 Å². The molecule has 3 N–H and O–H groups in total. The van der Waals surface area contributed by atoms with Crippen molar-refractivity contribution in [3.05, 3.63) is 43.0 Å². The van der Waals surface area contributed by atoms with E-state index >= 15 is 0 Å². The molecule has 2 aromatic rings.